The summed E-state index contributed by atoms with van der Waals surface area (Å²) in [7, 11) is 0. The van der Waals surface area contributed by atoms with Crippen LogP contribution in [0.1, 0.15) is 22.3 Å². The van der Waals surface area contributed by atoms with E-state index >= 15 is 0 Å². The lowest BCUT2D eigenvalue weighted by Crippen LogP contribution is -2.35. The lowest BCUT2D eigenvalue weighted by Gasteiger charge is -2.41. The lowest BCUT2D eigenvalue weighted by atomic mass is 9.63. The van der Waals surface area contributed by atoms with Crippen LogP contribution in [0.15, 0.2) is 218 Å². The van der Waals surface area contributed by atoms with Gasteiger partial charge in [-0.05, 0) is 74.8 Å². The van der Waals surface area contributed by atoms with E-state index in [9.17, 15) is 0 Å². The van der Waals surface area contributed by atoms with Gasteiger partial charge in [0.1, 0.15) is 0 Å². The molecule has 0 fully saturated rings. The zero-order valence-corrected chi connectivity index (χ0v) is 30.7. The van der Waals surface area contributed by atoms with E-state index in [4.69, 9.17) is 4.98 Å². The zero-order valence-electron chi connectivity index (χ0n) is 30.7. The number of aromatic nitrogens is 2. The van der Waals surface area contributed by atoms with E-state index < -0.39 is 5.41 Å². The molecule has 0 radical (unpaired) electrons. The second-order valence-corrected chi connectivity index (χ2v) is 14.7. The van der Waals surface area contributed by atoms with Crippen molar-refractivity contribution in [2.24, 2.45) is 0 Å². The lowest BCUT2D eigenvalue weighted by molar-refractivity contribution is 0.728. The highest BCUT2D eigenvalue weighted by atomic mass is 15.0. The summed E-state index contributed by atoms with van der Waals surface area (Å²) in [5, 5.41) is 2.55. The van der Waals surface area contributed by atoms with Gasteiger partial charge in [-0.25, -0.2) is 4.98 Å². The van der Waals surface area contributed by atoms with E-state index in [1.165, 1.54) is 60.9 Å². The number of fused-ring (bicyclic) bond motifs is 5. The molecule has 0 saturated heterocycles. The first-order chi connectivity index (χ1) is 27.8. The van der Waals surface area contributed by atoms with Crippen LogP contribution in [0.3, 0.4) is 0 Å². The predicted octanol–water partition coefficient (Wildman–Crippen LogP) is 13.5. The molecule has 0 amide bonds. The molecule has 10 aromatic rings. The monoisotopic (exact) mass is 712 g/mol. The van der Waals surface area contributed by atoms with Gasteiger partial charge in [0.2, 0.25) is 0 Å². The van der Waals surface area contributed by atoms with Gasteiger partial charge in [-0.1, -0.05) is 188 Å². The maximum atomic E-state index is 5.26. The minimum absolute atomic E-state index is 0.545. The van der Waals surface area contributed by atoms with Gasteiger partial charge in [0.15, 0.2) is 0 Å². The molecule has 1 aliphatic rings. The van der Waals surface area contributed by atoms with Gasteiger partial charge in [0, 0.05) is 21.9 Å². The summed E-state index contributed by atoms with van der Waals surface area (Å²) in [6, 6.07) is 79.3. The normalized spacial score (nSPS) is 14.5. The Morgan fingerprint density at radius 3 is 1.66 bits per heavy atom. The Labute approximate surface area is 326 Å². The molecule has 1 aliphatic heterocycles. The van der Waals surface area contributed by atoms with Crippen molar-refractivity contribution in [1.29, 1.82) is 0 Å². The van der Waals surface area contributed by atoms with Crippen LogP contribution < -0.4 is 0 Å². The van der Waals surface area contributed by atoms with Crippen molar-refractivity contribution in [3.8, 4) is 50.5 Å². The Bertz CT molecular complexity index is 3050. The molecule has 1 unspecified atom stereocenters. The molecule has 0 N–H and O–H groups in total. The Balaban J connectivity index is 1.12. The highest BCUT2D eigenvalue weighted by Gasteiger charge is 2.45. The van der Waals surface area contributed by atoms with Crippen LogP contribution in [0, 0.1) is 0 Å². The van der Waals surface area contributed by atoms with E-state index in [1.54, 1.807) is 0 Å². The zero-order chi connectivity index (χ0) is 37.1. The van der Waals surface area contributed by atoms with Crippen molar-refractivity contribution in [3.63, 3.8) is 0 Å². The molecule has 1 atom stereocenters. The van der Waals surface area contributed by atoms with E-state index in [-0.39, 0.29) is 0 Å². The van der Waals surface area contributed by atoms with Gasteiger partial charge in [-0.2, -0.15) is 0 Å². The SMILES string of the molecule is c1ccc(-c2cccc(-c3cc(-c4ccc(C5(c6ccccc6)c6ccccc6-n6c7ccccc7c7cccc5c76)cc4)cc(-c4ccccc4)n3)c2)cc1. The number of benzene rings is 8. The van der Waals surface area contributed by atoms with Crippen molar-refractivity contribution in [3.05, 3.63) is 241 Å². The van der Waals surface area contributed by atoms with Crippen LogP contribution in [0.5, 0.6) is 0 Å². The third-order valence-electron chi connectivity index (χ3n) is 11.7. The maximum absolute atomic E-state index is 5.26. The Morgan fingerprint density at radius 2 is 0.875 bits per heavy atom. The predicted molar refractivity (Wildman–Crippen MR) is 232 cm³/mol. The van der Waals surface area contributed by atoms with Gasteiger partial charge < -0.3 is 4.57 Å². The quantitative estimate of drug-likeness (QED) is 0.168. The van der Waals surface area contributed by atoms with Crippen molar-refractivity contribution in [2.45, 2.75) is 5.41 Å². The number of hydrogen-bond donors (Lipinski definition) is 0. The molecule has 262 valence electrons. The van der Waals surface area contributed by atoms with E-state index in [1.807, 2.05) is 0 Å². The van der Waals surface area contributed by atoms with Gasteiger partial charge in [0.25, 0.3) is 0 Å². The molecular weight excluding hydrogens is 677 g/mol. The molecule has 0 bridgehead atoms. The summed E-state index contributed by atoms with van der Waals surface area (Å²) in [6.07, 6.45) is 0. The molecule has 8 aromatic carbocycles. The Kier molecular flexibility index (Phi) is 7.43. The third kappa shape index (κ3) is 4.93. The number of rotatable bonds is 6. The van der Waals surface area contributed by atoms with E-state index in [2.05, 4.69) is 223 Å². The van der Waals surface area contributed by atoms with Crippen LogP contribution in [-0.4, -0.2) is 9.55 Å². The fourth-order valence-corrected chi connectivity index (χ4v) is 9.18. The minimum atomic E-state index is -0.545. The topological polar surface area (TPSA) is 17.8 Å². The van der Waals surface area contributed by atoms with Crippen molar-refractivity contribution in [1.82, 2.24) is 9.55 Å². The molecule has 0 spiro atoms. The first-order valence-corrected chi connectivity index (χ1v) is 19.3. The summed E-state index contributed by atoms with van der Waals surface area (Å²) in [6.45, 7) is 0. The summed E-state index contributed by atoms with van der Waals surface area (Å²) in [5.41, 5.74) is 17.0. The van der Waals surface area contributed by atoms with Gasteiger partial charge in [0.05, 0.1) is 33.5 Å². The molecule has 11 rings (SSSR count). The molecule has 0 saturated carbocycles. The van der Waals surface area contributed by atoms with Gasteiger partial charge in [-0.3, -0.25) is 0 Å². The minimum Gasteiger partial charge on any atom is -0.309 e. The highest BCUT2D eigenvalue weighted by Crippen LogP contribution is 2.54. The number of hydrogen-bond acceptors (Lipinski definition) is 1. The summed E-state index contributed by atoms with van der Waals surface area (Å²) in [4.78, 5) is 5.26. The van der Waals surface area contributed by atoms with Crippen LogP contribution in [0.4, 0.5) is 0 Å². The maximum Gasteiger partial charge on any atom is 0.0742 e. The first-order valence-electron chi connectivity index (χ1n) is 19.3. The molecule has 2 aromatic heterocycles. The third-order valence-corrected chi connectivity index (χ3v) is 11.7. The van der Waals surface area contributed by atoms with Gasteiger partial charge in [-0.15, -0.1) is 0 Å². The second kappa shape index (κ2) is 12.9. The summed E-state index contributed by atoms with van der Waals surface area (Å²) in [5.74, 6) is 0. The fourth-order valence-electron chi connectivity index (χ4n) is 9.18. The van der Waals surface area contributed by atoms with Gasteiger partial charge >= 0.3 is 0 Å². The first kappa shape index (κ1) is 32.2. The number of nitrogens with zero attached hydrogens (tertiary/aromatic N) is 2. The van der Waals surface area contributed by atoms with E-state index in [0.717, 1.165) is 33.6 Å². The molecule has 2 nitrogen and oxygen atoms in total. The second-order valence-electron chi connectivity index (χ2n) is 14.7. The number of pyridine rings is 1. The van der Waals surface area contributed by atoms with Crippen LogP contribution in [0.25, 0.3) is 72.3 Å². The fraction of sp³-hybridized carbons (Fsp3) is 0.0185. The average molecular weight is 713 g/mol. The van der Waals surface area contributed by atoms with Crippen molar-refractivity contribution in [2.75, 3.05) is 0 Å². The molecular formula is C54H36N2. The molecule has 0 aliphatic carbocycles. The largest absolute Gasteiger partial charge is 0.309 e. The number of para-hydroxylation sites is 3. The summed E-state index contributed by atoms with van der Waals surface area (Å²) >= 11 is 0. The molecule has 2 heteroatoms. The van der Waals surface area contributed by atoms with Crippen LogP contribution in [-0.2, 0) is 5.41 Å². The Hall–Kier alpha value is -7.29. The average Bonchev–Trinajstić information content (AvgIpc) is 3.63. The molecule has 3 heterocycles. The summed E-state index contributed by atoms with van der Waals surface area (Å²) < 4.78 is 2.49. The van der Waals surface area contributed by atoms with Crippen molar-refractivity contribution >= 4 is 21.8 Å². The van der Waals surface area contributed by atoms with Crippen LogP contribution >= 0.6 is 0 Å². The highest BCUT2D eigenvalue weighted by molar-refractivity contribution is 6.12. The van der Waals surface area contributed by atoms with Crippen molar-refractivity contribution < 1.29 is 0 Å². The van der Waals surface area contributed by atoms with Crippen LogP contribution in [0.2, 0.25) is 0 Å². The smallest absolute Gasteiger partial charge is 0.0742 e. The standard InChI is InChI=1S/C54H36N2/c1-4-16-37(17-5-1)40-20-14-21-41(34-40)50-36-42(35-49(55-50)39-18-6-2-7-19-39)38-30-32-44(33-31-38)54(43-22-8-3-9-23-43)47-26-11-13-29-52(47)56-51-28-12-10-24-45(51)46-25-15-27-48(54)53(46)56/h1-36H. The Morgan fingerprint density at radius 1 is 0.339 bits per heavy atom. The molecule has 56 heavy (non-hydrogen) atoms. The van der Waals surface area contributed by atoms with E-state index in [0.29, 0.717) is 0 Å².